The van der Waals surface area contributed by atoms with Crippen LogP contribution in [0.1, 0.15) is 69.8 Å². The van der Waals surface area contributed by atoms with Crippen LogP contribution in [0.2, 0.25) is 0 Å². The largest absolute Gasteiger partial charge is 0.449 e. The van der Waals surface area contributed by atoms with Gasteiger partial charge in [0.05, 0.1) is 17.4 Å². The van der Waals surface area contributed by atoms with Gasteiger partial charge < -0.3 is 4.42 Å². The van der Waals surface area contributed by atoms with Gasteiger partial charge in [-0.1, -0.05) is 26.0 Å². The Hall–Kier alpha value is -1.69. The molecule has 4 rings (SSSR count). The second-order valence-corrected chi connectivity index (χ2v) is 8.37. The van der Waals surface area contributed by atoms with Gasteiger partial charge in [-0.15, -0.1) is 5.10 Å². The Bertz CT molecular complexity index is 699. The van der Waals surface area contributed by atoms with Crippen molar-refractivity contribution in [3.63, 3.8) is 0 Å². The topological polar surface area (TPSA) is 60.0 Å². The Morgan fingerprint density at radius 1 is 1.17 bits per heavy atom. The predicted molar refractivity (Wildman–Crippen MR) is 90.6 cm³/mol. The second-order valence-electron chi connectivity index (χ2n) is 8.37. The molecule has 2 saturated heterocycles. The van der Waals surface area contributed by atoms with E-state index in [2.05, 4.69) is 51.8 Å². The van der Waals surface area contributed by atoms with Gasteiger partial charge in [0, 0.05) is 37.2 Å². The molecule has 0 spiro atoms. The molecule has 2 aliphatic heterocycles. The van der Waals surface area contributed by atoms with E-state index in [9.17, 15) is 0 Å². The molecule has 6 nitrogen and oxygen atoms in total. The van der Waals surface area contributed by atoms with Crippen molar-refractivity contribution >= 4 is 0 Å². The number of rotatable bonds is 3. The Morgan fingerprint density at radius 3 is 2.42 bits per heavy atom. The molecule has 0 aromatic carbocycles. The third-order valence-corrected chi connectivity index (χ3v) is 5.52. The van der Waals surface area contributed by atoms with Gasteiger partial charge in [-0.25, -0.2) is 9.67 Å². The highest BCUT2D eigenvalue weighted by Gasteiger charge is 2.42. The van der Waals surface area contributed by atoms with Crippen LogP contribution in [0.3, 0.4) is 0 Å². The Labute approximate surface area is 143 Å². The van der Waals surface area contributed by atoms with Crippen LogP contribution in [0.4, 0.5) is 0 Å². The molecule has 2 aromatic heterocycles. The molecular formula is C18H27N5O. The molecule has 0 radical (unpaired) electrons. The normalized spacial score (nSPS) is 27.8. The number of aryl methyl sites for hydroxylation is 1. The summed E-state index contributed by atoms with van der Waals surface area (Å²) < 4.78 is 7.48. The first-order chi connectivity index (χ1) is 11.4. The molecule has 2 unspecified atom stereocenters. The van der Waals surface area contributed by atoms with E-state index < -0.39 is 0 Å². The average molecular weight is 329 g/mol. The number of hydrogen-bond donors (Lipinski definition) is 0. The van der Waals surface area contributed by atoms with Crippen molar-refractivity contribution in [2.45, 2.75) is 83.5 Å². The second kappa shape index (κ2) is 5.69. The maximum Gasteiger partial charge on any atom is 0.191 e. The average Bonchev–Trinajstić information content (AvgIpc) is 3.19. The first-order valence-corrected chi connectivity index (χ1v) is 8.99. The number of aromatic nitrogens is 4. The zero-order valence-corrected chi connectivity index (χ0v) is 15.1. The smallest absolute Gasteiger partial charge is 0.191 e. The molecule has 0 N–H and O–H groups in total. The maximum atomic E-state index is 5.36. The number of hydrogen-bond acceptors (Lipinski definition) is 5. The van der Waals surface area contributed by atoms with Gasteiger partial charge in [0.15, 0.2) is 5.89 Å². The molecule has 4 heterocycles. The van der Waals surface area contributed by atoms with Crippen molar-refractivity contribution < 1.29 is 4.42 Å². The molecule has 6 heteroatoms. The zero-order chi connectivity index (χ0) is 16.9. The quantitative estimate of drug-likeness (QED) is 0.865. The van der Waals surface area contributed by atoms with Crippen molar-refractivity contribution in [1.82, 2.24) is 24.9 Å². The molecule has 2 aromatic rings. The van der Waals surface area contributed by atoms with E-state index in [1.54, 1.807) is 6.26 Å². The van der Waals surface area contributed by atoms with Gasteiger partial charge in [-0.05, 0) is 25.7 Å². The summed E-state index contributed by atoms with van der Waals surface area (Å²) in [6.45, 7) is 9.38. The summed E-state index contributed by atoms with van der Waals surface area (Å²) >= 11 is 0. The number of piperidine rings is 1. The fourth-order valence-corrected chi connectivity index (χ4v) is 4.19. The Kier molecular flexibility index (Phi) is 3.75. The van der Waals surface area contributed by atoms with Crippen molar-refractivity contribution in [2.75, 3.05) is 0 Å². The van der Waals surface area contributed by atoms with Crippen LogP contribution in [0, 0.1) is 6.92 Å². The molecule has 0 amide bonds. The lowest BCUT2D eigenvalue weighted by molar-refractivity contribution is 0.0931. The van der Waals surface area contributed by atoms with E-state index in [4.69, 9.17) is 4.42 Å². The lowest BCUT2D eigenvalue weighted by Gasteiger charge is -2.38. The van der Waals surface area contributed by atoms with E-state index in [1.165, 1.54) is 12.8 Å². The zero-order valence-electron chi connectivity index (χ0n) is 15.1. The van der Waals surface area contributed by atoms with Crippen LogP contribution in [0.15, 0.2) is 16.9 Å². The Morgan fingerprint density at radius 2 is 1.88 bits per heavy atom. The molecule has 0 aliphatic carbocycles. The minimum absolute atomic E-state index is 0.0583. The summed E-state index contributed by atoms with van der Waals surface area (Å²) in [4.78, 5) is 7.09. The summed E-state index contributed by atoms with van der Waals surface area (Å²) in [5, 5.41) is 8.84. The van der Waals surface area contributed by atoms with E-state index in [1.807, 2.05) is 6.92 Å². The minimum atomic E-state index is 0.0583. The van der Waals surface area contributed by atoms with E-state index in [-0.39, 0.29) is 5.41 Å². The van der Waals surface area contributed by atoms with Crippen LogP contribution in [-0.2, 0) is 12.0 Å². The van der Waals surface area contributed by atoms with E-state index >= 15 is 0 Å². The van der Waals surface area contributed by atoms with Crippen molar-refractivity contribution in [3.05, 3.63) is 29.7 Å². The lowest BCUT2D eigenvalue weighted by Crippen LogP contribution is -2.43. The van der Waals surface area contributed by atoms with Crippen LogP contribution < -0.4 is 0 Å². The summed E-state index contributed by atoms with van der Waals surface area (Å²) in [6.07, 6.45) is 8.81. The summed E-state index contributed by atoms with van der Waals surface area (Å²) in [5.41, 5.74) is 2.19. The fourth-order valence-electron chi connectivity index (χ4n) is 4.19. The van der Waals surface area contributed by atoms with Crippen molar-refractivity contribution in [1.29, 1.82) is 0 Å². The van der Waals surface area contributed by atoms with E-state index in [0.717, 1.165) is 36.7 Å². The van der Waals surface area contributed by atoms with Crippen molar-refractivity contribution in [3.8, 4) is 0 Å². The van der Waals surface area contributed by atoms with Gasteiger partial charge in [-0.3, -0.25) is 4.90 Å². The number of fused-ring (bicyclic) bond motifs is 2. The first kappa shape index (κ1) is 15.8. The van der Waals surface area contributed by atoms with Crippen LogP contribution >= 0.6 is 0 Å². The third-order valence-electron chi connectivity index (χ3n) is 5.52. The van der Waals surface area contributed by atoms with Gasteiger partial charge in [0.2, 0.25) is 0 Å². The molecule has 2 aliphatic rings. The van der Waals surface area contributed by atoms with Gasteiger partial charge in [0.25, 0.3) is 0 Å². The van der Waals surface area contributed by atoms with Gasteiger partial charge in [-0.2, -0.15) is 0 Å². The maximum absolute atomic E-state index is 5.36. The standard InChI is InChI=1S/C18H27N5O/c1-12-19-13(11-24-12)9-22-14-5-6-15(22)8-16(7-14)23-10-17(20-21-23)18(2,3)4/h10-11,14-16H,5-9H2,1-4H3. The van der Waals surface area contributed by atoms with Gasteiger partial charge >= 0.3 is 0 Å². The monoisotopic (exact) mass is 329 g/mol. The lowest BCUT2D eigenvalue weighted by atomic mass is 9.93. The van der Waals surface area contributed by atoms with Crippen molar-refractivity contribution in [2.24, 2.45) is 0 Å². The molecular weight excluding hydrogens is 302 g/mol. The predicted octanol–water partition coefficient (Wildman–Crippen LogP) is 3.24. The highest BCUT2D eigenvalue weighted by Crippen LogP contribution is 2.41. The molecule has 2 bridgehead atoms. The minimum Gasteiger partial charge on any atom is -0.449 e. The fraction of sp³-hybridized carbons (Fsp3) is 0.722. The third kappa shape index (κ3) is 2.88. The Balaban J connectivity index is 1.47. The molecule has 130 valence electrons. The summed E-state index contributed by atoms with van der Waals surface area (Å²) in [5.74, 6) is 0.754. The SMILES string of the molecule is Cc1nc(CN2C3CCC2CC(n2cc(C(C)(C)C)nn2)C3)co1. The van der Waals surface area contributed by atoms with Gasteiger partial charge in [0.1, 0.15) is 6.26 Å². The summed E-state index contributed by atoms with van der Waals surface area (Å²) in [7, 11) is 0. The molecule has 0 saturated carbocycles. The van der Waals surface area contributed by atoms with E-state index in [0.29, 0.717) is 18.1 Å². The summed E-state index contributed by atoms with van der Waals surface area (Å²) in [6, 6.07) is 1.71. The van der Waals surface area contributed by atoms with Crippen LogP contribution in [-0.4, -0.2) is 37.0 Å². The molecule has 24 heavy (non-hydrogen) atoms. The molecule has 2 atom stereocenters. The van der Waals surface area contributed by atoms with Crippen LogP contribution in [0.25, 0.3) is 0 Å². The highest BCUT2D eigenvalue weighted by molar-refractivity contribution is 5.08. The highest BCUT2D eigenvalue weighted by atomic mass is 16.3. The van der Waals surface area contributed by atoms with Crippen LogP contribution in [0.5, 0.6) is 0 Å². The number of oxazole rings is 1. The molecule has 2 fully saturated rings. The first-order valence-electron chi connectivity index (χ1n) is 8.99. The number of nitrogens with zero attached hydrogens (tertiary/aromatic N) is 5.